The van der Waals surface area contributed by atoms with E-state index in [1.165, 1.54) is 11.9 Å². The van der Waals surface area contributed by atoms with Crippen LogP contribution in [0.1, 0.15) is 33.6 Å². The Morgan fingerprint density at radius 1 is 1.24 bits per heavy atom. The van der Waals surface area contributed by atoms with Crippen molar-refractivity contribution < 1.29 is 22.7 Å². The molecule has 0 aromatic heterocycles. The van der Waals surface area contributed by atoms with Crippen molar-refractivity contribution in [2.45, 2.75) is 39.2 Å². The molecule has 0 spiro atoms. The molecule has 1 atom stereocenters. The van der Waals surface area contributed by atoms with Gasteiger partial charge in [0.2, 0.25) is 15.9 Å². The summed E-state index contributed by atoms with van der Waals surface area (Å²) in [5.74, 6) is -0.0590. The van der Waals surface area contributed by atoms with Crippen LogP contribution in [-0.2, 0) is 19.6 Å². The van der Waals surface area contributed by atoms with Gasteiger partial charge in [-0.15, -0.1) is 0 Å². The molecule has 146 valence electrons. The van der Waals surface area contributed by atoms with Crippen LogP contribution in [0.25, 0.3) is 0 Å². The molecule has 0 aromatic rings. The lowest BCUT2D eigenvalue weighted by Crippen LogP contribution is -2.48. The number of sulfonamides is 1. The molecule has 0 aromatic carbocycles. The minimum absolute atomic E-state index is 0.152. The highest BCUT2D eigenvalue weighted by molar-refractivity contribution is 7.88. The minimum Gasteiger partial charge on any atom is -0.444 e. The molecular weight excluding hydrogens is 346 g/mol. The van der Waals surface area contributed by atoms with Crippen LogP contribution in [0.15, 0.2) is 0 Å². The van der Waals surface area contributed by atoms with Gasteiger partial charge in [0.15, 0.2) is 0 Å². The molecule has 8 nitrogen and oxygen atoms in total. The second-order valence-electron chi connectivity index (χ2n) is 7.73. The van der Waals surface area contributed by atoms with Crippen molar-refractivity contribution in [2.24, 2.45) is 5.92 Å². The Bertz CT molecular complexity index is 585. The summed E-state index contributed by atoms with van der Waals surface area (Å²) in [7, 11) is -0.301. The van der Waals surface area contributed by atoms with Gasteiger partial charge in [-0.3, -0.25) is 4.79 Å². The van der Waals surface area contributed by atoms with E-state index >= 15 is 0 Å². The first kappa shape index (κ1) is 21.7. The molecule has 9 heteroatoms. The zero-order valence-electron chi connectivity index (χ0n) is 16.1. The van der Waals surface area contributed by atoms with E-state index < -0.39 is 15.6 Å². The molecule has 1 rings (SSSR count). The summed E-state index contributed by atoms with van der Waals surface area (Å²) in [6.45, 7) is 6.93. The van der Waals surface area contributed by atoms with Gasteiger partial charge in [-0.25, -0.2) is 13.2 Å². The molecule has 0 aliphatic carbocycles. The van der Waals surface area contributed by atoms with E-state index in [9.17, 15) is 18.0 Å². The van der Waals surface area contributed by atoms with E-state index in [1.54, 1.807) is 11.9 Å². The average molecular weight is 378 g/mol. The van der Waals surface area contributed by atoms with Crippen molar-refractivity contribution in [1.82, 2.24) is 14.1 Å². The third-order valence-electron chi connectivity index (χ3n) is 4.03. The first-order valence-corrected chi connectivity index (χ1v) is 10.3. The topological polar surface area (TPSA) is 87.2 Å². The van der Waals surface area contributed by atoms with Crippen LogP contribution in [0.5, 0.6) is 0 Å². The number of likely N-dealkylation sites (N-methyl/N-ethyl adjacent to an activating group) is 1. The number of hydrogen-bond acceptors (Lipinski definition) is 5. The molecule has 1 saturated heterocycles. The highest BCUT2D eigenvalue weighted by atomic mass is 32.2. The van der Waals surface area contributed by atoms with Crippen molar-refractivity contribution in [3.63, 3.8) is 0 Å². The molecule has 0 N–H and O–H groups in total. The standard InChI is InChI=1S/C16H31N3O5S/c1-16(2,3)24-15(21)17(4)10-13-8-7-9-19(11-13)14(20)12-18(5)25(6,22)23/h13H,7-12H2,1-6H3. The molecule has 25 heavy (non-hydrogen) atoms. The highest BCUT2D eigenvalue weighted by Gasteiger charge is 2.28. The van der Waals surface area contributed by atoms with Crippen LogP contribution in [0.4, 0.5) is 4.79 Å². The van der Waals surface area contributed by atoms with Crippen LogP contribution in [0.2, 0.25) is 0 Å². The van der Waals surface area contributed by atoms with Gasteiger partial charge in [-0.1, -0.05) is 0 Å². The van der Waals surface area contributed by atoms with Crippen LogP contribution >= 0.6 is 0 Å². The van der Waals surface area contributed by atoms with E-state index in [1.807, 2.05) is 20.8 Å². The molecule has 1 aliphatic rings. The third kappa shape index (κ3) is 7.60. The number of likely N-dealkylation sites (tertiary alicyclic amines) is 1. The molecular formula is C16H31N3O5S. The van der Waals surface area contributed by atoms with Gasteiger partial charge < -0.3 is 14.5 Å². The lowest BCUT2D eigenvalue weighted by Gasteiger charge is -2.35. The molecule has 1 aliphatic heterocycles. The van der Waals surface area contributed by atoms with Crippen molar-refractivity contribution in [3.8, 4) is 0 Å². The van der Waals surface area contributed by atoms with Crippen molar-refractivity contribution in [2.75, 3.05) is 46.5 Å². The highest BCUT2D eigenvalue weighted by Crippen LogP contribution is 2.19. The van der Waals surface area contributed by atoms with Gasteiger partial charge in [0, 0.05) is 33.7 Å². The molecule has 1 heterocycles. The van der Waals surface area contributed by atoms with Gasteiger partial charge in [0.1, 0.15) is 5.60 Å². The molecule has 1 unspecified atom stereocenters. The summed E-state index contributed by atoms with van der Waals surface area (Å²) >= 11 is 0. The fourth-order valence-corrected chi connectivity index (χ4v) is 2.99. The van der Waals surface area contributed by atoms with Gasteiger partial charge in [0.05, 0.1) is 12.8 Å². The van der Waals surface area contributed by atoms with Crippen LogP contribution in [-0.4, -0.2) is 86.7 Å². The first-order chi connectivity index (χ1) is 11.3. The molecule has 1 fully saturated rings. The maximum atomic E-state index is 12.3. The molecule has 0 radical (unpaired) electrons. The van der Waals surface area contributed by atoms with Crippen LogP contribution < -0.4 is 0 Å². The van der Waals surface area contributed by atoms with E-state index in [0.29, 0.717) is 19.6 Å². The second-order valence-corrected chi connectivity index (χ2v) is 9.82. The van der Waals surface area contributed by atoms with Gasteiger partial charge in [0.25, 0.3) is 0 Å². The Balaban J connectivity index is 2.57. The molecule has 2 amide bonds. The van der Waals surface area contributed by atoms with E-state index in [2.05, 4.69) is 0 Å². The number of ether oxygens (including phenoxy) is 1. The van der Waals surface area contributed by atoms with Crippen molar-refractivity contribution in [3.05, 3.63) is 0 Å². The SMILES string of the molecule is CN(CC1CCCN(C(=O)CN(C)S(C)(=O)=O)C1)C(=O)OC(C)(C)C. The molecule has 0 bridgehead atoms. The Hall–Kier alpha value is -1.35. The van der Waals surface area contributed by atoms with E-state index in [4.69, 9.17) is 4.74 Å². The summed E-state index contributed by atoms with van der Waals surface area (Å²) in [6.07, 6.45) is 2.45. The Morgan fingerprint density at radius 3 is 2.36 bits per heavy atom. The van der Waals surface area contributed by atoms with Gasteiger partial charge in [-0.05, 0) is 39.5 Å². The van der Waals surface area contributed by atoms with E-state index in [0.717, 1.165) is 23.4 Å². The van der Waals surface area contributed by atoms with Crippen molar-refractivity contribution in [1.29, 1.82) is 0 Å². The fourth-order valence-electron chi connectivity index (χ4n) is 2.65. The summed E-state index contributed by atoms with van der Waals surface area (Å²) < 4.78 is 29.3. The third-order valence-corrected chi connectivity index (χ3v) is 5.29. The van der Waals surface area contributed by atoms with Gasteiger partial charge in [-0.2, -0.15) is 4.31 Å². The maximum absolute atomic E-state index is 12.3. The Kier molecular flexibility index (Phi) is 7.25. The zero-order chi connectivity index (χ0) is 19.4. The first-order valence-electron chi connectivity index (χ1n) is 8.43. The number of hydrogen-bond donors (Lipinski definition) is 0. The fraction of sp³-hybridized carbons (Fsp3) is 0.875. The number of piperidine rings is 1. The normalized spacial score (nSPS) is 19.0. The van der Waals surface area contributed by atoms with Gasteiger partial charge >= 0.3 is 6.09 Å². The summed E-state index contributed by atoms with van der Waals surface area (Å²) in [4.78, 5) is 27.6. The summed E-state index contributed by atoms with van der Waals surface area (Å²) in [6, 6.07) is 0. The van der Waals surface area contributed by atoms with Crippen LogP contribution in [0, 0.1) is 5.92 Å². The number of nitrogens with zero attached hydrogens (tertiary/aromatic N) is 3. The smallest absolute Gasteiger partial charge is 0.410 e. The maximum Gasteiger partial charge on any atom is 0.410 e. The zero-order valence-corrected chi connectivity index (χ0v) is 16.9. The minimum atomic E-state index is -3.38. The summed E-state index contributed by atoms with van der Waals surface area (Å²) in [5.41, 5.74) is -0.545. The largest absolute Gasteiger partial charge is 0.444 e. The average Bonchev–Trinajstić information content (AvgIpc) is 2.44. The summed E-state index contributed by atoms with van der Waals surface area (Å²) in [5, 5.41) is 0. The van der Waals surface area contributed by atoms with E-state index in [-0.39, 0.29) is 24.5 Å². The Morgan fingerprint density at radius 2 is 1.84 bits per heavy atom. The Labute approximate surface area is 151 Å². The lowest BCUT2D eigenvalue weighted by atomic mass is 9.97. The number of carbonyl (C=O) groups excluding carboxylic acids is 2. The number of amides is 2. The monoisotopic (exact) mass is 377 g/mol. The molecule has 0 saturated carbocycles. The predicted molar refractivity (Wildman–Crippen MR) is 95.6 cm³/mol. The van der Waals surface area contributed by atoms with Crippen molar-refractivity contribution >= 4 is 22.0 Å². The second kappa shape index (κ2) is 8.35. The number of carbonyl (C=O) groups is 2. The van der Waals surface area contributed by atoms with Crippen LogP contribution in [0.3, 0.4) is 0 Å². The number of rotatable bonds is 5. The lowest BCUT2D eigenvalue weighted by molar-refractivity contribution is -0.133. The predicted octanol–water partition coefficient (Wildman–Crippen LogP) is 0.983. The quantitative estimate of drug-likeness (QED) is 0.713.